The maximum absolute atomic E-state index is 10.7. The predicted molar refractivity (Wildman–Crippen MR) is 39.6 cm³/mol. The molecule has 0 aromatic carbocycles. The van der Waals surface area contributed by atoms with Crippen molar-refractivity contribution in [3.05, 3.63) is 0 Å². The third kappa shape index (κ3) is 1.35. The van der Waals surface area contributed by atoms with Crippen molar-refractivity contribution < 1.29 is 4.79 Å². The van der Waals surface area contributed by atoms with E-state index in [1.165, 1.54) is 0 Å². The summed E-state index contributed by atoms with van der Waals surface area (Å²) in [5.74, 6) is 0.00456. The Balaban J connectivity index is 2.69. The molecule has 1 amide bonds. The minimum atomic E-state index is 0.00456. The van der Waals surface area contributed by atoms with E-state index in [2.05, 4.69) is 10.5 Å². The third-order valence-electron chi connectivity index (χ3n) is 1.51. The Morgan fingerprint density at radius 3 is 2.30 bits per heavy atom. The van der Waals surface area contributed by atoms with Gasteiger partial charge in [-0.25, -0.2) is 5.43 Å². The Bertz CT molecular complexity index is 188. The lowest BCUT2D eigenvalue weighted by molar-refractivity contribution is -0.119. The number of amides is 1. The Morgan fingerprint density at radius 1 is 1.50 bits per heavy atom. The highest BCUT2D eigenvalue weighted by Crippen LogP contribution is 2.20. The lowest BCUT2D eigenvalue weighted by Crippen LogP contribution is -2.19. The van der Waals surface area contributed by atoms with E-state index < -0.39 is 0 Å². The maximum atomic E-state index is 10.7. The Kier molecular flexibility index (Phi) is 1.50. The van der Waals surface area contributed by atoms with E-state index in [-0.39, 0.29) is 11.3 Å². The van der Waals surface area contributed by atoms with E-state index in [1.54, 1.807) is 0 Å². The maximum Gasteiger partial charge on any atom is 0.245 e. The summed E-state index contributed by atoms with van der Waals surface area (Å²) in [6.45, 7) is 6.14. The lowest BCUT2D eigenvalue weighted by Gasteiger charge is -2.15. The molecule has 0 saturated carbocycles. The highest BCUT2D eigenvalue weighted by atomic mass is 16.2. The standard InChI is InChI=1S/C7H12N2O/c1-7(2,3)5-4-6(10)9-8-5/h4H2,1-3H3,(H,9,10). The smallest absolute Gasteiger partial charge is 0.245 e. The normalized spacial score (nSPS) is 18.7. The first-order valence-electron chi connectivity index (χ1n) is 3.36. The summed E-state index contributed by atoms with van der Waals surface area (Å²) < 4.78 is 0. The summed E-state index contributed by atoms with van der Waals surface area (Å²) in [4.78, 5) is 10.7. The zero-order valence-electron chi connectivity index (χ0n) is 6.56. The van der Waals surface area contributed by atoms with Gasteiger partial charge in [0.15, 0.2) is 0 Å². The molecule has 10 heavy (non-hydrogen) atoms. The van der Waals surface area contributed by atoms with Crippen LogP contribution < -0.4 is 5.43 Å². The fourth-order valence-electron chi connectivity index (χ4n) is 0.794. The SMILES string of the molecule is CC(C)(C)C1=NNC(=O)C1. The van der Waals surface area contributed by atoms with Crippen LogP contribution in [0.4, 0.5) is 0 Å². The van der Waals surface area contributed by atoms with Crippen molar-refractivity contribution in [2.24, 2.45) is 10.5 Å². The van der Waals surface area contributed by atoms with Crippen LogP contribution in [0.5, 0.6) is 0 Å². The summed E-state index contributed by atoms with van der Waals surface area (Å²) in [5, 5.41) is 3.91. The molecule has 1 rings (SSSR count). The highest BCUT2D eigenvalue weighted by Gasteiger charge is 2.25. The molecule has 0 saturated heterocycles. The average Bonchev–Trinajstić information content (AvgIpc) is 2.11. The van der Waals surface area contributed by atoms with Crippen LogP contribution >= 0.6 is 0 Å². The van der Waals surface area contributed by atoms with Crippen LogP contribution in [-0.2, 0) is 4.79 Å². The van der Waals surface area contributed by atoms with Crippen LogP contribution in [0.15, 0.2) is 5.10 Å². The summed E-state index contributed by atoms with van der Waals surface area (Å²) in [6, 6.07) is 0. The van der Waals surface area contributed by atoms with Crippen LogP contribution in [-0.4, -0.2) is 11.6 Å². The van der Waals surface area contributed by atoms with E-state index in [9.17, 15) is 4.79 Å². The molecular weight excluding hydrogens is 128 g/mol. The second-order valence-corrected chi connectivity index (χ2v) is 3.52. The highest BCUT2D eigenvalue weighted by molar-refractivity contribution is 6.07. The van der Waals surface area contributed by atoms with Gasteiger partial charge in [0.05, 0.1) is 12.1 Å². The van der Waals surface area contributed by atoms with E-state index in [4.69, 9.17) is 0 Å². The molecule has 0 aromatic heterocycles. The van der Waals surface area contributed by atoms with Gasteiger partial charge < -0.3 is 0 Å². The summed E-state index contributed by atoms with van der Waals surface area (Å²) in [5.41, 5.74) is 3.39. The molecule has 0 bridgehead atoms. The monoisotopic (exact) mass is 140 g/mol. The van der Waals surface area contributed by atoms with Crippen molar-refractivity contribution in [2.45, 2.75) is 27.2 Å². The van der Waals surface area contributed by atoms with Crippen LogP contribution in [0.2, 0.25) is 0 Å². The number of rotatable bonds is 0. The first-order chi connectivity index (χ1) is 4.50. The van der Waals surface area contributed by atoms with Crippen LogP contribution in [0, 0.1) is 5.41 Å². The largest absolute Gasteiger partial charge is 0.273 e. The van der Waals surface area contributed by atoms with Crippen molar-refractivity contribution in [1.29, 1.82) is 0 Å². The number of carbonyl (C=O) groups excluding carboxylic acids is 1. The van der Waals surface area contributed by atoms with Gasteiger partial charge in [0.25, 0.3) is 0 Å². The van der Waals surface area contributed by atoms with E-state index in [1.807, 2.05) is 20.8 Å². The molecule has 1 heterocycles. The zero-order valence-corrected chi connectivity index (χ0v) is 6.56. The number of hydrogen-bond acceptors (Lipinski definition) is 2. The first kappa shape index (κ1) is 7.25. The van der Waals surface area contributed by atoms with E-state index in [0.717, 1.165) is 5.71 Å². The lowest BCUT2D eigenvalue weighted by atomic mass is 9.88. The third-order valence-corrected chi connectivity index (χ3v) is 1.51. The van der Waals surface area contributed by atoms with Crippen LogP contribution in [0.3, 0.4) is 0 Å². The summed E-state index contributed by atoms with van der Waals surface area (Å²) in [7, 11) is 0. The van der Waals surface area contributed by atoms with Crippen molar-refractivity contribution in [1.82, 2.24) is 5.43 Å². The minimum Gasteiger partial charge on any atom is -0.273 e. The van der Waals surface area contributed by atoms with Gasteiger partial charge in [0.1, 0.15) is 0 Å². The molecule has 1 aliphatic heterocycles. The molecule has 0 spiro atoms. The second kappa shape index (κ2) is 2.08. The Morgan fingerprint density at radius 2 is 2.10 bits per heavy atom. The molecule has 3 nitrogen and oxygen atoms in total. The van der Waals surface area contributed by atoms with Crippen LogP contribution in [0.25, 0.3) is 0 Å². The molecule has 0 fully saturated rings. The molecule has 1 aliphatic rings. The van der Waals surface area contributed by atoms with Crippen molar-refractivity contribution >= 4 is 11.6 Å². The first-order valence-corrected chi connectivity index (χ1v) is 3.36. The molecule has 0 unspecified atom stereocenters. The van der Waals surface area contributed by atoms with Gasteiger partial charge >= 0.3 is 0 Å². The predicted octanol–water partition coefficient (Wildman–Crippen LogP) is 0.908. The van der Waals surface area contributed by atoms with Crippen molar-refractivity contribution in [3.8, 4) is 0 Å². The van der Waals surface area contributed by atoms with Gasteiger partial charge in [0.2, 0.25) is 5.91 Å². The van der Waals surface area contributed by atoms with E-state index in [0.29, 0.717) is 6.42 Å². The number of nitrogens with zero attached hydrogens (tertiary/aromatic N) is 1. The van der Waals surface area contributed by atoms with E-state index >= 15 is 0 Å². The summed E-state index contributed by atoms with van der Waals surface area (Å²) >= 11 is 0. The quantitative estimate of drug-likeness (QED) is 0.533. The zero-order chi connectivity index (χ0) is 7.78. The molecule has 56 valence electrons. The molecular formula is C7H12N2O. The van der Waals surface area contributed by atoms with Gasteiger partial charge in [-0.1, -0.05) is 20.8 Å². The number of carbonyl (C=O) groups is 1. The fourth-order valence-corrected chi connectivity index (χ4v) is 0.794. The van der Waals surface area contributed by atoms with Gasteiger partial charge in [-0.15, -0.1) is 0 Å². The molecule has 0 atom stereocenters. The van der Waals surface area contributed by atoms with Gasteiger partial charge in [-0.3, -0.25) is 4.79 Å². The fraction of sp³-hybridized carbons (Fsp3) is 0.714. The second-order valence-electron chi connectivity index (χ2n) is 3.52. The van der Waals surface area contributed by atoms with Crippen LogP contribution in [0.1, 0.15) is 27.2 Å². The average molecular weight is 140 g/mol. The Labute approximate surface area is 60.5 Å². The van der Waals surface area contributed by atoms with Gasteiger partial charge in [-0.2, -0.15) is 5.10 Å². The van der Waals surface area contributed by atoms with Crippen molar-refractivity contribution in [2.75, 3.05) is 0 Å². The topological polar surface area (TPSA) is 41.5 Å². The minimum absolute atomic E-state index is 0.00456. The summed E-state index contributed by atoms with van der Waals surface area (Å²) in [6.07, 6.45) is 0.462. The molecule has 0 radical (unpaired) electrons. The molecule has 0 aliphatic carbocycles. The number of nitrogens with one attached hydrogen (secondary N) is 1. The molecule has 1 N–H and O–H groups in total. The molecule has 0 aromatic rings. The Hall–Kier alpha value is -0.860. The number of hydrogen-bond donors (Lipinski definition) is 1. The van der Waals surface area contributed by atoms with Crippen molar-refractivity contribution in [3.63, 3.8) is 0 Å². The molecule has 3 heteroatoms. The van der Waals surface area contributed by atoms with Gasteiger partial charge in [0, 0.05) is 5.41 Å². The van der Waals surface area contributed by atoms with Gasteiger partial charge in [-0.05, 0) is 0 Å². The number of hydrazone groups is 1.